The first-order valence-electron chi connectivity index (χ1n) is 6.39. The summed E-state index contributed by atoms with van der Waals surface area (Å²) in [7, 11) is 0. The second-order valence-electron chi connectivity index (χ2n) is 4.72. The fraction of sp³-hybridized carbons (Fsp3) is 0.235. The molecule has 0 atom stereocenters. The van der Waals surface area contributed by atoms with Crippen molar-refractivity contribution in [2.75, 3.05) is 6.61 Å². The van der Waals surface area contributed by atoms with Gasteiger partial charge < -0.3 is 4.74 Å². The van der Waals surface area contributed by atoms with E-state index in [-0.39, 0.29) is 12.4 Å². The topological polar surface area (TPSA) is 26.3 Å². The molecule has 2 aromatic rings. The molecule has 0 spiro atoms. The molecule has 0 heterocycles. The van der Waals surface area contributed by atoms with E-state index >= 15 is 0 Å². The molecule has 2 rings (SSSR count). The fourth-order valence-corrected chi connectivity index (χ4v) is 1.95. The lowest BCUT2D eigenvalue weighted by molar-refractivity contribution is 0.0726. The lowest BCUT2D eigenvalue weighted by atomic mass is 10.0. The van der Waals surface area contributed by atoms with Gasteiger partial charge in [-0.15, -0.1) is 0 Å². The number of carbonyl (C=O) groups excluding carboxylic acids is 1. The monoisotopic (exact) mass is 254 g/mol. The zero-order chi connectivity index (χ0) is 13.7. The molecule has 0 fully saturated rings. The number of hydrogen-bond donors (Lipinski definition) is 0. The predicted molar refractivity (Wildman–Crippen MR) is 76.3 cm³/mol. The molecular formula is C17H18O2. The Morgan fingerprint density at radius 1 is 1.05 bits per heavy atom. The zero-order valence-electron chi connectivity index (χ0n) is 11.3. The maximum absolute atomic E-state index is 12.1. The van der Waals surface area contributed by atoms with Crippen molar-refractivity contribution in [3.05, 3.63) is 70.8 Å². The highest BCUT2D eigenvalue weighted by Crippen LogP contribution is 2.12. The van der Waals surface area contributed by atoms with Crippen LogP contribution in [-0.4, -0.2) is 12.4 Å². The van der Waals surface area contributed by atoms with Crippen molar-refractivity contribution < 1.29 is 9.53 Å². The quantitative estimate of drug-likeness (QED) is 0.760. The lowest BCUT2D eigenvalue weighted by Crippen LogP contribution is -2.10. The van der Waals surface area contributed by atoms with Crippen molar-refractivity contribution in [3.63, 3.8) is 0 Å². The molecule has 0 aliphatic heterocycles. The van der Waals surface area contributed by atoms with E-state index in [1.165, 1.54) is 0 Å². The van der Waals surface area contributed by atoms with Crippen molar-refractivity contribution in [3.8, 4) is 0 Å². The van der Waals surface area contributed by atoms with Crippen molar-refractivity contribution in [1.82, 2.24) is 0 Å². The minimum Gasteiger partial charge on any atom is -0.369 e. The maximum Gasteiger partial charge on any atom is 0.188 e. The molecule has 0 aliphatic rings. The molecule has 0 saturated heterocycles. The van der Waals surface area contributed by atoms with E-state index in [4.69, 9.17) is 4.74 Å². The van der Waals surface area contributed by atoms with Gasteiger partial charge in [0.05, 0.1) is 6.61 Å². The third-order valence-corrected chi connectivity index (χ3v) is 3.04. The second kappa shape index (κ2) is 6.30. The number of hydrogen-bond acceptors (Lipinski definition) is 2. The predicted octanol–water partition coefficient (Wildman–Crippen LogP) is 3.70. The third-order valence-electron chi connectivity index (χ3n) is 3.04. The second-order valence-corrected chi connectivity index (χ2v) is 4.72. The largest absolute Gasteiger partial charge is 0.369 e. The highest BCUT2D eigenvalue weighted by molar-refractivity contribution is 5.98. The number of rotatable bonds is 5. The summed E-state index contributed by atoms with van der Waals surface area (Å²) in [5.74, 6) is 0.0390. The van der Waals surface area contributed by atoms with Gasteiger partial charge in [-0.25, -0.2) is 0 Å². The summed E-state index contributed by atoms with van der Waals surface area (Å²) in [6, 6.07) is 15.8. The first-order valence-corrected chi connectivity index (χ1v) is 6.39. The summed E-state index contributed by atoms with van der Waals surface area (Å²) in [5, 5.41) is 0. The van der Waals surface area contributed by atoms with Gasteiger partial charge in [0.25, 0.3) is 0 Å². The number of aryl methyl sites for hydroxylation is 2. The summed E-state index contributed by atoms with van der Waals surface area (Å²) in [6.07, 6.45) is 0. The molecule has 0 bridgehead atoms. The molecule has 2 heteroatoms. The van der Waals surface area contributed by atoms with Gasteiger partial charge in [0, 0.05) is 5.56 Å². The Morgan fingerprint density at radius 2 is 1.79 bits per heavy atom. The SMILES string of the molecule is Cc1ccc(C)c(C(=O)COCc2ccccc2)c1. The minimum atomic E-state index is 0.0390. The molecular weight excluding hydrogens is 236 g/mol. The van der Waals surface area contributed by atoms with Crippen molar-refractivity contribution in [2.24, 2.45) is 0 Å². The van der Waals surface area contributed by atoms with E-state index in [0.29, 0.717) is 6.61 Å². The molecule has 0 unspecified atom stereocenters. The van der Waals surface area contributed by atoms with Gasteiger partial charge in [0.15, 0.2) is 5.78 Å². The molecule has 0 radical (unpaired) electrons. The van der Waals surface area contributed by atoms with Crippen LogP contribution >= 0.6 is 0 Å². The summed E-state index contributed by atoms with van der Waals surface area (Å²) in [6.45, 7) is 4.53. The van der Waals surface area contributed by atoms with Gasteiger partial charge in [0.1, 0.15) is 6.61 Å². The van der Waals surface area contributed by atoms with Crippen LogP contribution in [0.25, 0.3) is 0 Å². The molecule has 2 aromatic carbocycles. The lowest BCUT2D eigenvalue weighted by Gasteiger charge is -2.07. The Hall–Kier alpha value is -1.93. The number of carbonyl (C=O) groups is 1. The molecule has 0 aromatic heterocycles. The van der Waals surface area contributed by atoms with E-state index in [2.05, 4.69) is 0 Å². The van der Waals surface area contributed by atoms with E-state index in [1.54, 1.807) is 0 Å². The van der Waals surface area contributed by atoms with E-state index in [9.17, 15) is 4.79 Å². The van der Waals surface area contributed by atoms with Crippen LogP contribution in [0.3, 0.4) is 0 Å². The van der Waals surface area contributed by atoms with E-state index in [1.807, 2.05) is 62.4 Å². The number of benzene rings is 2. The summed E-state index contributed by atoms with van der Waals surface area (Å²) >= 11 is 0. The van der Waals surface area contributed by atoms with Crippen LogP contribution in [0.1, 0.15) is 27.0 Å². The van der Waals surface area contributed by atoms with Gasteiger partial charge in [-0.05, 0) is 31.0 Å². The number of ketones is 1. The highest BCUT2D eigenvalue weighted by Gasteiger charge is 2.09. The van der Waals surface area contributed by atoms with E-state index in [0.717, 1.165) is 22.3 Å². The Balaban J connectivity index is 1.93. The molecule has 2 nitrogen and oxygen atoms in total. The highest BCUT2D eigenvalue weighted by atomic mass is 16.5. The summed E-state index contributed by atoms with van der Waals surface area (Å²) in [5.41, 5.74) is 3.93. The van der Waals surface area contributed by atoms with Crippen molar-refractivity contribution in [2.45, 2.75) is 20.5 Å². The van der Waals surface area contributed by atoms with Crippen LogP contribution in [0.5, 0.6) is 0 Å². The first-order chi connectivity index (χ1) is 9.16. The molecule has 0 saturated carbocycles. The third kappa shape index (κ3) is 3.76. The van der Waals surface area contributed by atoms with E-state index < -0.39 is 0 Å². The molecule has 19 heavy (non-hydrogen) atoms. The molecule has 0 amide bonds. The Labute approximate surface area is 114 Å². The standard InChI is InChI=1S/C17H18O2/c1-13-8-9-14(2)16(10-13)17(18)12-19-11-15-6-4-3-5-7-15/h3-10H,11-12H2,1-2H3. The van der Waals surface area contributed by atoms with Crippen LogP contribution < -0.4 is 0 Å². The van der Waals surface area contributed by atoms with Gasteiger partial charge in [0.2, 0.25) is 0 Å². The Morgan fingerprint density at radius 3 is 2.53 bits per heavy atom. The summed E-state index contributed by atoms with van der Waals surface area (Å²) < 4.78 is 5.48. The zero-order valence-corrected chi connectivity index (χ0v) is 11.3. The van der Waals surface area contributed by atoms with Crippen LogP contribution in [0.2, 0.25) is 0 Å². The van der Waals surface area contributed by atoms with Gasteiger partial charge >= 0.3 is 0 Å². The molecule has 0 aliphatic carbocycles. The summed E-state index contributed by atoms with van der Waals surface area (Å²) in [4.78, 5) is 12.1. The van der Waals surface area contributed by atoms with Crippen LogP contribution in [0, 0.1) is 13.8 Å². The Kier molecular flexibility index (Phi) is 4.48. The number of Topliss-reactive ketones (excluding diaryl/α,β-unsaturated/α-hetero) is 1. The molecule has 98 valence electrons. The van der Waals surface area contributed by atoms with Crippen LogP contribution in [-0.2, 0) is 11.3 Å². The minimum absolute atomic E-state index is 0.0390. The maximum atomic E-state index is 12.1. The van der Waals surface area contributed by atoms with Gasteiger partial charge in [-0.1, -0.05) is 48.0 Å². The number of ether oxygens (including phenoxy) is 1. The average molecular weight is 254 g/mol. The smallest absolute Gasteiger partial charge is 0.188 e. The fourth-order valence-electron chi connectivity index (χ4n) is 1.95. The first kappa shape index (κ1) is 13.5. The van der Waals surface area contributed by atoms with Crippen molar-refractivity contribution in [1.29, 1.82) is 0 Å². The Bertz CT molecular complexity index is 559. The van der Waals surface area contributed by atoms with Crippen molar-refractivity contribution >= 4 is 5.78 Å². The molecule has 0 N–H and O–H groups in total. The van der Waals surface area contributed by atoms with Gasteiger partial charge in [-0.2, -0.15) is 0 Å². The van der Waals surface area contributed by atoms with Crippen LogP contribution in [0.15, 0.2) is 48.5 Å². The normalized spacial score (nSPS) is 10.4. The van der Waals surface area contributed by atoms with Crippen LogP contribution in [0.4, 0.5) is 0 Å². The average Bonchev–Trinajstić information content (AvgIpc) is 2.42. The van der Waals surface area contributed by atoms with Gasteiger partial charge in [-0.3, -0.25) is 4.79 Å².